The summed E-state index contributed by atoms with van der Waals surface area (Å²) in [5, 5.41) is 4.59. The molecule has 5 heteroatoms. The second kappa shape index (κ2) is 9.53. The predicted octanol–water partition coefficient (Wildman–Crippen LogP) is 2.92. The topological polar surface area (TPSA) is 55.4 Å². The standard InChI is InChI=1S/C15H23NO3S/c1-3-4-5-6-9-19-15(18)12(2)16-14(17)11-13-8-7-10-20-13/h7-8,10,12H,3-6,9,11H2,1-2H3,(H,16,17)/t12-/m0/s1. The molecular weight excluding hydrogens is 274 g/mol. The van der Waals surface area contributed by atoms with E-state index in [0.717, 1.165) is 30.6 Å². The highest BCUT2D eigenvalue weighted by Crippen LogP contribution is 2.09. The number of thiophene rings is 1. The van der Waals surface area contributed by atoms with Crippen LogP contribution in [0.25, 0.3) is 0 Å². The highest BCUT2D eigenvalue weighted by Gasteiger charge is 2.17. The van der Waals surface area contributed by atoms with Crippen molar-refractivity contribution < 1.29 is 14.3 Å². The van der Waals surface area contributed by atoms with Crippen molar-refractivity contribution in [2.45, 2.75) is 52.0 Å². The van der Waals surface area contributed by atoms with Gasteiger partial charge in [-0.3, -0.25) is 4.79 Å². The smallest absolute Gasteiger partial charge is 0.328 e. The molecule has 112 valence electrons. The zero-order valence-electron chi connectivity index (χ0n) is 12.2. The number of hydrogen-bond acceptors (Lipinski definition) is 4. The summed E-state index contributed by atoms with van der Waals surface area (Å²) in [5.74, 6) is -0.510. The molecule has 0 radical (unpaired) electrons. The molecule has 1 aromatic rings. The number of unbranched alkanes of at least 4 members (excludes halogenated alkanes) is 3. The van der Waals surface area contributed by atoms with Gasteiger partial charge in [-0.1, -0.05) is 32.3 Å². The molecule has 1 aromatic heterocycles. The Labute approximate surface area is 124 Å². The second-order valence-electron chi connectivity index (χ2n) is 4.77. The Morgan fingerprint density at radius 2 is 2.15 bits per heavy atom. The molecule has 0 spiro atoms. The number of rotatable bonds is 9. The van der Waals surface area contributed by atoms with Crippen molar-refractivity contribution in [2.24, 2.45) is 0 Å². The first kappa shape index (κ1) is 16.7. The Morgan fingerprint density at radius 1 is 1.35 bits per heavy atom. The summed E-state index contributed by atoms with van der Waals surface area (Å²) >= 11 is 1.53. The summed E-state index contributed by atoms with van der Waals surface area (Å²) in [4.78, 5) is 24.4. The van der Waals surface area contributed by atoms with Gasteiger partial charge in [-0.05, 0) is 24.8 Å². The average Bonchev–Trinajstić information content (AvgIpc) is 2.90. The zero-order valence-corrected chi connectivity index (χ0v) is 13.0. The molecule has 0 unspecified atom stereocenters. The lowest BCUT2D eigenvalue weighted by Gasteiger charge is -2.13. The monoisotopic (exact) mass is 297 g/mol. The van der Waals surface area contributed by atoms with E-state index >= 15 is 0 Å². The summed E-state index contributed by atoms with van der Waals surface area (Å²) in [6, 6.07) is 3.22. The first-order chi connectivity index (χ1) is 9.63. The Balaban J connectivity index is 2.18. The summed E-state index contributed by atoms with van der Waals surface area (Å²) in [7, 11) is 0. The Bertz CT molecular complexity index is 403. The fourth-order valence-corrected chi connectivity index (χ4v) is 2.45. The number of ether oxygens (including phenoxy) is 1. The van der Waals surface area contributed by atoms with Gasteiger partial charge in [0.2, 0.25) is 5.91 Å². The van der Waals surface area contributed by atoms with E-state index in [1.54, 1.807) is 6.92 Å². The van der Waals surface area contributed by atoms with Crippen molar-refractivity contribution in [1.29, 1.82) is 0 Å². The third kappa shape index (κ3) is 6.70. The van der Waals surface area contributed by atoms with Crippen LogP contribution in [-0.2, 0) is 20.7 Å². The minimum atomic E-state index is -0.589. The molecule has 1 atom stereocenters. The molecule has 0 aliphatic rings. The molecule has 0 fully saturated rings. The third-order valence-electron chi connectivity index (χ3n) is 2.89. The van der Waals surface area contributed by atoms with Crippen LogP contribution in [0.4, 0.5) is 0 Å². The number of carbonyl (C=O) groups excluding carboxylic acids is 2. The lowest BCUT2D eigenvalue weighted by molar-refractivity contribution is -0.147. The van der Waals surface area contributed by atoms with Gasteiger partial charge in [0.25, 0.3) is 0 Å². The van der Waals surface area contributed by atoms with Crippen molar-refractivity contribution >= 4 is 23.2 Å². The van der Waals surface area contributed by atoms with Gasteiger partial charge < -0.3 is 10.1 Å². The van der Waals surface area contributed by atoms with Gasteiger partial charge in [-0.2, -0.15) is 0 Å². The van der Waals surface area contributed by atoms with E-state index in [0.29, 0.717) is 13.0 Å². The van der Waals surface area contributed by atoms with Gasteiger partial charge in [0.1, 0.15) is 6.04 Å². The largest absolute Gasteiger partial charge is 0.464 e. The molecule has 0 bridgehead atoms. The lowest BCUT2D eigenvalue weighted by Crippen LogP contribution is -2.40. The van der Waals surface area contributed by atoms with Crippen LogP contribution in [0.1, 0.15) is 44.4 Å². The summed E-state index contributed by atoms with van der Waals surface area (Å²) in [5.41, 5.74) is 0. The first-order valence-corrected chi connectivity index (χ1v) is 7.99. The highest BCUT2D eigenvalue weighted by atomic mass is 32.1. The first-order valence-electron chi connectivity index (χ1n) is 7.12. The van der Waals surface area contributed by atoms with E-state index in [9.17, 15) is 9.59 Å². The number of amides is 1. The maximum absolute atomic E-state index is 11.7. The van der Waals surface area contributed by atoms with E-state index in [-0.39, 0.29) is 11.9 Å². The van der Waals surface area contributed by atoms with Crippen molar-refractivity contribution in [3.8, 4) is 0 Å². The van der Waals surface area contributed by atoms with Gasteiger partial charge in [0.05, 0.1) is 13.0 Å². The van der Waals surface area contributed by atoms with Gasteiger partial charge >= 0.3 is 5.97 Å². The maximum atomic E-state index is 11.7. The Kier molecular flexibility index (Phi) is 7.95. The zero-order chi connectivity index (χ0) is 14.8. The molecule has 1 amide bonds. The maximum Gasteiger partial charge on any atom is 0.328 e. The van der Waals surface area contributed by atoms with Gasteiger partial charge in [-0.15, -0.1) is 11.3 Å². The molecular formula is C15H23NO3S. The van der Waals surface area contributed by atoms with Crippen LogP contribution in [-0.4, -0.2) is 24.5 Å². The van der Waals surface area contributed by atoms with Crippen molar-refractivity contribution in [3.63, 3.8) is 0 Å². The normalized spacial score (nSPS) is 11.9. The molecule has 20 heavy (non-hydrogen) atoms. The fourth-order valence-electron chi connectivity index (χ4n) is 1.75. The minimum Gasteiger partial charge on any atom is -0.464 e. The lowest BCUT2D eigenvalue weighted by atomic mass is 10.2. The van der Waals surface area contributed by atoms with Crippen LogP contribution in [0, 0.1) is 0 Å². The molecule has 0 saturated carbocycles. The number of hydrogen-bond donors (Lipinski definition) is 1. The minimum absolute atomic E-state index is 0.150. The van der Waals surface area contributed by atoms with E-state index in [2.05, 4.69) is 12.2 Å². The van der Waals surface area contributed by atoms with E-state index in [1.165, 1.54) is 11.3 Å². The number of nitrogens with one attached hydrogen (secondary N) is 1. The van der Waals surface area contributed by atoms with Crippen LogP contribution in [0.2, 0.25) is 0 Å². The molecule has 0 aliphatic heterocycles. The predicted molar refractivity (Wildman–Crippen MR) is 80.7 cm³/mol. The van der Waals surface area contributed by atoms with Crippen LogP contribution in [0.15, 0.2) is 17.5 Å². The summed E-state index contributed by atoms with van der Waals surface area (Å²) < 4.78 is 5.14. The molecule has 0 aromatic carbocycles. The molecule has 1 N–H and O–H groups in total. The second-order valence-corrected chi connectivity index (χ2v) is 5.81. The quantitative estimate of drug-likeness (QED) is 0.563. The molecule has 4 nitrogen and oxygen atoms in total. The van der Waals surface area contributed by atoms with Crippen LogP contribution >= 0.6 is 11.3 Å². The molecule has 1 rings (SSSR count). The third-order valence-corrected chi connectivity index (χ3v) is 3.76. The number of esters is 1. The van der Waals surface area contributed by atoms with Gasteiger partial charge in [-0.25, -0.2) is 4.79 Å². The number of carbonyl (C=O) groups is 2. The van der Waals surface area contributed by atoms with Crippen LogP contribution < -0.4 is 5.32 Å². The molecule has 0 aliphatic carbocycles. The summed E-state index contributed by atoms with van der Waals surface area (Å²) in [6.07, 6.45) is 4.58. The highest BCUT2D eigenvalue weighted by molar-refractivity contribution is 7.10. The van der Waals surface area contributed by atoms with Crippen molar-refractivity contribution in [3.05, 3.63) is 22.4 Å². The van der Waals surface area contributed by atoms with E-state index in [4.69, 9.17) is 4.74 Å². The van der Waals surface area contributed by atoms with Crippen LogP contribution in [0.3, 0.4) is 0 Å². The van der Waals surface area contributed by atoms with Crippen LogP contribution in [0.5, 0.6) is 0 Å². The van der Waals surface area contributed by atoms with Crippen molar-refractivity contribution in [1.82, 2.24) is 5.32 Å². The fraction of sp³-hybridized carbons (Fsp3) is 0.600. The molecule has 0 saturated heterocycles. The Morgan fingerprint density at radius 3 is 2.80 bits per heavy atom. The SMILES string of the molecule is CCCCCCOC(=O)[C@H](C)NC(=O)Cc1cccs1. The van der Waals surface area contributed by atoms with Gasteiger partial charge in [0, 0.05) is 4.88 Å². The summed E-state index contributed by atoms with van der Waals surface area (Å²) in [6.45, 7) is 4.22. The van der Waals surface area contributed by atoms with Crippen molar-refractivity contribution in [2.75, 3.05) is 6.61 Å². The average molecular weight is 297 g/mol. The molecule has 1 heterocycles. The Hall–Kier alpha value is -1.36. The van der Waals surface area contributed by atoms with Gasteiger partial charge in [0.15, 0.2) is 0 Å². The van der Waals surface area contributed by atoms with E-state index in [1.807, 2.05) is 17.5 Å². The van der Waals surface area contributed by atoms with E-state index < -0.39 is 6.04 Å².